The van der Waals surface area contributed by atoms with Crippen LogP contribution < -0.4 is 0 Å². The molecule has 1 aliphatic heterocycles. The predicted molar refractivity (Wildman–Crippen MR) is 83.9 cm³/mol. The SMILES string of the molecule is Cc1cccc(C)c1S(=O)(=O)N1CCN(C2(C)CC2)CC1. The van der Waals surface area contributed by atoms with Gasteiger partial charge < -0.3 is 0 Å². The Morgan fingerprint density at radius 2 is 1.52 bits per heavy atom. The van der Waals surface area contributed by atoms with Gasteiger partial charge in [0.15, 0.2) is 0 Å². The number of aryl methyl sites for hydroxylation is 2. The highest BCUT2D eigenvalue weighted by Crippen LogP contribution is 2.41. The van der Waals surface area contributed by atoms with Gasteiger partial charge in [-0.25, -0.2) is 8.42 Å². The van der Waals surface area contributed by atoms with Gasteiger partial charge in [0, 0.05) is 31.7 Å². The second kappa shape index (κ2) is 5.07. The van der Waals surface area contributed by atoms with Gasteiger partial charge in [-0.05, 0) is 44.7 Å². The second-order valence-electron chi connectivity index (χ2n) is 6.61. The fraction of sp³-hybridized carbons (Fsp3) is 0.625. The molecule has 5 heteroatoms. The number of hydrogen-bond acceptors (Lipinski definition) is 3. The van der Waals surface area contributed by atoms with Crippen molar-refractivity contribution in [3.8, 4) is 0 Å². The summed E-state index contributed by atoms with van der Waals surface area (Å²) in [5, 5.41) is 0. The van der Waals surface area contributed by atoms with Crippen LogP contribution in [0.15, 0.2) is 23.1 Å². The van der Waals surface area contributed by atoms with Crippen LogP contribution >= 0.6 is 0 Å². The first-order valence-corrected chi connectivity index (χ1v) is 9.10. The zero-order chi connectivity index (χ0) is 15.3. The lowest BCUT2D eigenvalue weighted by Crippen LogP contribution is -2.52. The van der Waals surface area contributed by atoms with E-state index in [1.54, 1.807) is 4.31 Å². The van der Waals surface area contributed by atoms with Crippen molar-refractivity contribution in [2.75, 3.05) is 26.2 Å². The number of hydrogen-bond donors (Lipinski definition) is 0. The Bertz CT molecular complexity index is 622. The van der Waals surface area contributed by atoms with Crippen LogP contribution in [0.3, 0.4) is 0 Å². The zero-order valence-corrected chi connectivity index (χ0v) is 13.9. The molecule has 2 aliphatic rings. The molecule has 1 aromatic rings. The van der Waals surface area contributed by atoms with E-state index < -0.39 is 10.0 Å². The van der Waals surface area contributed by atoms with Gasteiger partial charge in [0.2, 0.25) is 10.0 Å². The summed E-state index contributed by atoms with van der Waals surface area (Å²) in [6.45, 7) is 8.93. The van der Waals surface area contributed by atoms with E-state index in [1.165, 1.54) is 12.8 Å². The summed E-state index contributed by atoms with van der Waals surface area (Å²) in [6.07, 6.45) is 2.49. The van der Waals surface area contributed by atoms with Crippen molar-refractivity contribution in [1.29, 1.82) is 0 Å². The van der Waals surface area contributed by atoms with E-state index in [-0.39, 0.29) is 0 Å². The molecule has 0 unspecified atom stereocenters. The Kier molecular flexibility index (Phi) is 3.62. The monoisotopic (exact) mass is 308 g/mol. The molecule has 2 fully saturated rings. The van der Waals surface area contributed by atoms with Crippen LogP contribution in [-0.4, -0.2) is 49.3 Å². The Morgan fingerprint density at radius 1 is 1.00 bits per heavy atom. The second-order valence-corrected chi connectivity index (χ2v) is 8.48. The van der Waals surface area contributed by atoms with E-state index >= 15 is 0 Å². The van der Waals surface area contributed by atoms with Gasteiger partial charge in [0.25, 0.3) is 0 Å². The lowest BCUT2D eigenvalue weighted by molar-refractivity contribution is 0.132. The summed E-state index contributed by atoms with van der Waals surface area (Å²) in [6, 6.07) is 5.66. The standard InChI is InChI=1S/C16H24N2O2S/c1-13-5-4-6-14(2)15(13)21(19,20)18-11-9-17(10-12-18)16(3)7-8-16/h4-6H,7-12H2,1-3H3. The molecule has 116 valence electrons. The van der Waals surface area contributed by atoms with E-state index in [2.05, 4.69) is 11.8 Å². The lowest BCUT2D eigenvalue weighted by atomic mass is 10.2. The molecule has 0 spiro atoms. The van der Waals surface area contributed by atoms with E-state index in [9.17, 15) is 8.42 Å². The molecule has 0 amide bonds. The van der Waals surface area contributed by atoms with Gasteiger partial charge in [-0.2, -0.15) is 4.31 Å². The van der Waals surface area contributed by atoms with Crippen molar-refractivity contribution in [1.82, 2.24) is 9.21 Å². The number of piperazine rings is 1. The van der Waals surface area contributed by atoms with Crippen molar-refractivity contribution < 1.29 is 8.42 Å². The Labute approximate surface area is 127 Å². The molecule has 1 saturated heterocycles. The van der Waals surface area contributed by atoms with Crippen LogP contribution in [0.25, 0.3) is 0 Å². The summed E-state index contributed by atoms with van der Waals surface area (Å²) in [7, 11) is -3.37. The third-order valence-corrected chi connectivity index (χ3v) is 7.19. The van der Waals surface area contributed by atoms with Crippen LogP contribution in [0.5, 0.6) is 0 Å². The highest BCUT2D eigenvalue weighted by molar-refractivity contribution is 7.89. The molecule has 1 aliphatic carbocycles. The number of benzene rings is 1. The fourth-order valence-electron chi connectivity index (χ4n) is 3.30. The maximum Gasteiger partial charge on any atom is 0.243 e. The Morgan fingerprint density at radius 3 is 2.00 bits per heavy atom. The van der Waals surface area contributed by atoms with Crippen molar-refractivity contribution in [2.24, 2.45) is 0 Å². The molecule has 0 atom stereocenters. The summed E-state index contributed by atoms with van der Waals surface area (Å²) >= 11 is 0. The maximum absolute atomic E-state index is 12.9. The third kappa shape index (κ3) is 2.62. The molecule has 0 bridgehead atoms. The third-order valence-electron chi connectivity index (χ3n) is 4.98. The van der Waals surface area contributed by atoms with Gasteiger partial charge in [0.05, 0.1) is 4.90 Å². The lowest BCUT2D eigenvalue weighted by Gasteiger charge is -2.38. The van der Waals surface area contributed by atoms with E-state index in [0.29, 0.717) is 23.5 Å². The number of sulfonamides is 1. The molecular weight excluding hydrogens is 284 g/mol. The van der Waals surface area contributed by atoms with Crippen LogP contribution in [0.2, 0.25) is 0 Å². The normalized spacial score (nSPS) is 23.2. The molecule has 3 rings (SSSR count). The first-order chi connectivity index (χ1) is 9.84. The fourth-order valence-corrected chi connectivity index (χ4v) is 5.15. The molecule has 4 nitrogen and oxygen atoms in total. The topological polar surface area (TPSA) is 40.6 Å². The smallest absolute Gasteiger partial charge is 0.243 e. The van der Waals surface area contributed by atoms with Gasteiger partial charge >= 0.3 is 0 Å². The first-order valence-electron chi connectivity index (χ1n) is 7.66. The summed E-state index contributed by atoms with van der Waals surface area (Å²) in [4.78, 5) is 2.94. The molecule has 0 radical (unpaired) electrons. The van der Waals surface area contributed by atoms with E-state index in [4.69, 9.17) is 0 Å². The molecule has 1 saturated carbocycles. The van der Waals surface area contributed by atoms with Gasteiger partial charge in [-0.3, -0.25) is 4.90 Å². The van der Waals surface area contributed by atoms with Crippen molar-refractivity contribution in [3.05, 3.63) is 29.3 Å². The van der Waals surface area contributed by atoms with Crippen LogP contribution in [0.1, 0.15) is 30.9 Å². The Balaban J connectivity index is 1.81. The molecule has 1 aromatic carbocycles. The predicted octanol–water partition coefficient (Wildman–Crippen LogP) is 2.16. The average molecular weight is 308 g/mol. The van der Waals surface area contributed by atoms with Crippen LogP contribution in [0.4, 0.5) is 0 Å². The number of rotatable bonds is 3. The quantitative estimate of drug-likeness (QED) is 0.859. The van der Waals surface area contributed by atoms with Crippen molar-refractivity contribution >= 4 is 10.0 Å². The Hall–Kier alpha value is -0.910. The molecule has 21 heavy (non-hydrogen) atoms. The van der Waals surface area contributed by atoms with E-state index in [0.717, 1.165) is 24.2 Å². The van der Waals surface area contributed by atoms with E-state index in [1.807, 2.05) is 32.0 Å². The summed E-state index contributed by atoms with van der Waals surface area (Å²) < 4.78 is 27.5. The van der Waals surface area contributed by atoms with Crippen molar-refractivity contribution in [2.45, 2.75) is 44.0 Å². The van der Waals surface area contributed by atoms with Crippen LogP contribution in [0, 0.1) is 13.8 Å². The zero-order valence-electron chi connectivity index (χ0n) is 13.1. The van der Waals surface area contributed by atoms with Gasteiger partial charge in [-0.1, -0.05) is 18.2 Å². The minimum Gasteiger partial charge on any atom is -0.295 e. The molecule has 1 heterocycles. The molecule has 0 N–H and O–H groups in total. The minimum atomic E-state index is -3.37. The average Bonchev–Trinajstić information content (AvgIpc) is 3.18. The molecular formula is C16H24N2O2S. The van der Waals surface area contributed by atoms with Gasteiger partial charge in [0.1, 0.15) is 0 Å². The highest BCUT2D eigenvalue weighted by Gasteiger charge is 2.45. The largest absolute Gasteiger partial charge is 0.295 e. The maximum atomic E-state index is 12.9. The van der Waals surface area contributed by atoms with Gasteiger partial charge in [-0.15, -0.1) is 0 Å². The van der Waals surface area contributed by atoms with Crippen LogP contribution in [-0.2, 0) is 10.0 Å². The number of nitrogens with zero attached hydrogens (tertiary/aromatic N) is 2. The molecule has 0 aromatic heterocycles. The van der Waals surface area contributed by atoms with Crippen molar-refractivity contribution in [3.63, 3.8) is 0 Å². The summed E-state index contributed by atoms with van der Waals surface area (Å²) in [5.74, 6) is 0. The highest BCUT2D eigenvalue weighted by atomic mass is 32.2. The summed E-state index contributed by atoms with van der Waals surface area (Å²) in [5.41, 5.74) is 2.02. The minimum absolute atomic E-state index is 0.342. The first kappa shape index (κ1) is 15.0.